The van der Waals surface area contributed by atoms with Crippen molar-refractivity contribution in [1.29, 1.82) is 0 Å². The van der Waals surface area contributed by atoms with Crippen molar-refractivity contribution in [2.24, 2.45) is 0 Å². The van der Waals surface area contributed by atoms with Gasteiger partial charge < -0.3 is 10.1 Å². The number of nitrogens with zero attached hydrogens (tertiary/aromatic N) is 2. The molecule has 0 amide bonds. The molecule has 74 valence electrons. The Bertz CT molecular complexity index is 319. The van der Waals surface area contributed by atoms with E-state index in [1.807, 2.05) is 6.92 Å². The van der Waals surface area contributed by atoms with Gasteiger partial charge in [-0.2, -0.15) is 4.98 Å². The number of hydrogen-bond donors (Lipinski definition) is 1. The molecule has 0 aliphatic rings. The summed E-state index contributed by atoms with van der Waals surface area (Å²) in [5, 5.41) is 3.00. The zero-order valence-corrected chi connectivity index (χ0v) is 8.16. The number of terminal acetylenes is 1. The molecule has 4 nitrogen and oxygen atoms in total. The highest BCUT2D eigenvalue weighted by Gasteiger charge is 1.97. The first-order valence-electron chi connectivity index (χ1n) is 4.50. The van der Waals surface area contributed by atoms with Gasteiger partial charge in [0.15, 0.2) is 0 Å². The molecule has 0 aliphatic heterocycles. The van der Waals surface area contributed by atoms with Crippen LogP contribution < -0.4 is 10.1 Å². The monoisotopic (exact) mass is 191 g/mol. The minimum absolute atomic E-state index is 0.547. The fourth-order valence-corrected chi connectivity index (χ4v) is 0.902. The van der Waals surface area contributed by atoms with Gasteiger partial charge in [0.1, 0.15) is 0 Å². The van der Waals surface area contributed by atoms with Crippen molar-refractivity contribution in [3.05, 3.63) is 12.3 Å². The van der Waals surface area contributed by atoms with Crippen LogP contribution in [0.2, 0.25) is 0 Å². The van der Waals surface area contributed by atoms with Crippen LogP contribution in [0.25, 0.3) is 0 Å². The predicted molar refractivity (Wildman–Crippen MR) is 55.1 cm³/mol. The Balaban J connectivity index is 2.51. The molecule has 1 aromatic heterocycles. The number of anilines is 1. The highest BCUT2D eigenvalue weighted by molar-refractivity contribution is 5.27. The van der Waals surface area contributed by atoms with Gasteiger partial charge in [0.25, 0.3) is 0 Å². The summed E-state index contributed by atoms with van der Waals surface area (Å²) in [5.41, 5.74) is 0. The second-order valence-corrected chi connectivity index (χ2v) is 2.53. The van der Waals surface area contributed by atoms with Crippen LogP contribution in [0.4, 0.5) is 5.95 Å². The summed E-state index contributed by atoms with van der Waals surface area (Å²) in [6.07, 6.45) is 7.42. The Morgan fingerprint density at radius 3 is 3.21 bits per heavy atom. The Morgan fingerprint density at radius 2 is 2.50 bits per heavy atom. The third kappa shape index (κ3) is 3.31. The van der Waals surface area contributed by atoms with Crippen molar-refractivity contribution in [1.82, 2.24) is 9.97 Å². The Morgan fingerprint density at radius 1 is 1.64 bits per heavy atom. The third-order valence-electron chi connectivity index (χ3n) is 1.47. The maximum absolute atomic E-state index is 5.22. The van der Waals surface area contributed by atoms with Crippen molar-refractivity contribution in [2.45, 2.75) is 13.3 Å². The molecule has 0 aliphatic carbocycles. The highest BCUT2D eigenvalue weighted by atomic mass is 16.5. The number of nitrogens with one attached hydrogen (secondary N) is 1. The number of hydrogen-bond acceptors (Lipinski definition) is 4. The van der Waals surface area contributed by atoms with Crippen molar-refractivity contribution in [2.75, 3.05) is 18.5 Å². The summed E-state index contributed by atoms with van der Waals surface area (Å²) in [6.45, 7) is 3.18. The summed E-state index contributed by atoms with van der Waals surface area (Å²) in [7, 11) is 0. The van der Waals surface area contributed by atoms with Crippen LogP contribution in [0.5, 0.6) is 5.88 Å². The third-order valence-corrected chi connectivity index (χ3v) is 1.47. The molecular formula is C10H13N3O. The second-order valence-electron chi connectivity index (χ2n) is 2.53. The molecule has 0 spiro atoms. The summed E-state index contributed by atoms with van der Waals surface area (Å²) in [4.78, 5) is 8.14. The topological polar surface area (TPSA) is 47.0 Å². The Hall–Kier alpha value is -1.76. The standard InChI is InChI=1S/C10H13N3O/c1-3-5-7-11-10-12-8-6-9(13-10)14-4-2/h1,6,8H,4-5,7H2,2H3,(H,11,12,13). The SMILES string of the molecule is C#CCCNc1nccc(OCC)n1. The van der Waals surface area contributed by atoms with E-state index in [0.29, 0.717) is 31.4 Å². The Labute approximate surface area is 83.7 Å². The van der Waals surface area contributed by atoms with Crippen molar-refractivity contribution in [3.63, 3.8) is 0 Å². The van der Waals surface area contributed by atoms with E-state index in [9.17, 15) is 0 Å². The van der Waals surface area contributed by atoms with Gasteiger partial charge in [-0.15, -0.1) is 12.3 Å². The van der Waals surface area contributed by atoms with Gasteiger partial charge >= 0.3 is 0 Å². The summed E-state index contributed by atoms with van der Waals surface area (Å²) >= 11 is 0. The number of ether oxygens (including phenoxy) is 1. The van der Waals surface area contributed by atoms with E-state index in [0.717, 1.165) is 0 Å². The molecule has 14 heavy (non-hydrogen) atoms. The van der Waals surface area contributed by atoms with Gasteiger partial charge in [0, 0.05) is 25.2 Å². The molecule has 4 heteroatoms. The van der Waals surface area contributed by atoms with E-state index in [4.69, 9.17) is 11.2 Å². The van der Waals surface area contributed by atoms with Crippen LogP contribution in [0.1, 0.15) is 13.3 Å². The van der Waals surface area contributed by atoms with Crippen molar-refractivity contribution >= 4 is 5.95 Å². The van der Waals surface area contributed by atoms with E-state index >= 15 is 0 Å². The first kappa shape index (κ1) is 10.3. The maximum atomic E-state index is 5.22. The normalized spacial score (nSPS) is 9.14. The minimum atomic E-state index is 0.547. The Kier molecular flexibility index (Phi) is 4.29. The molecule has 0 saturated carbocycles. The molecule has 0 radical (unpaired) electrons. The van der Waals surface area contributed by atoms with Crippen LogP contribution in [-0.2, 0) is 0 Å². The smallest absolute Gasteiger partial charge is 0.225 e. The summed E-state index contributed by atoms with van der Waals surface area (Å²) in [6, 6.07) is 1.72. The zero-order chi connectivity index (χ0) is 10.2. The van der Waals surface area contributed by atoms with E-state index in [-0.39, 0.29) is 0 Å². The first-order valence-corrected chi connectivity index (χ1v) is 4.50. The molecule has 0 bridgehead atoms. The van der Waals surface area contributed by atoms with E-state index in [1.54, 1.807) is 12.3 Å². The van der Waals surface area contributed by atoms with Crippen LogP contribution in [0.15, 0.2) is 12.3 Å². The quantitative estimate of drug-likeness (QED) is 0.563. The average molecular weight is 191 g/mol. The van der Waals surface area contributed by atoms with Gasteiger partial charge in [-0.1, -0.05) is 0 Å². The second kappa shape index (κ2) is 5.81. The lowest BCUT2D eigenvalue weighted by Gasteiger charge is -2.04. The van der Waals surface area contributed by atoms with Crippen LogP contribution in [-0.4, -0.2) is 23.1 Å². The minimum Gasteiger partial charge on any atom is -0.478 e. The average Bonchev–Trinajstić information content (AvgIpc) is 2.19. The number of aromatic nitrogens is 2. The van der Waals surface area contributed by atoms with E-state index < -0.39 is 0 Å². The molecule has 0 aromatic carbocycles. The summed E-state index contributed by atoms with van der Waals surface area (Å²) in [5.74, 6) is 3.65. The number of rotatable bonds is 5. The predicted octanol–water partition coefficient (Wildman–Crippen LogP) is 1.31. The van der Waals surface area contributed by atoms with Crippen LogP contribution in [0, 0.1) is 12.3 Å². The molecule has 1 N–H and O–H groups in total. The molecule has 1 aromatic rings. The van der Waals surface area contributed by atoms with E-state index in [2.05, 4.69) is 21.2 Å². The van der Waals surface area contributed by atoms with Gasteiger partial charge in [-0.3, -0.25) is 0 Å². The van der Waals surface area contributed by atoms with Crippen LogP contribution in [0.3, 0.4) is 0 Å². The summed E-state index contributed by atoms with van der Waals surface area (Å²) < 4.78 is 5.22. The lowest BCUT2D eigenvalue weighted by atomic mass is 10.4. The van der Waals surface area contributed by atoms with Crippen molar-refractivity contribution < 1.29 is 4.74 Å². The molecule has 0 atom stereocenters. The molecular weight excluding hydrogens is 178 g/mol. The molecule has 0 fully saturated rings. The molecule has 0 saturated heterocycles. The van der Waals surface area contributed by atoms with Gasteiger partial charge in [-0.05, 0) is 6.92 Å². The zero-order valence-electron chi connectivity index (χ0n) is 8.16. The molecule has 1 heterocycles. The van der Waals surface area contributed by atoms with Gasteiger partial charge in [0.2, 0.25) is 11.8 Å². The highest BCUT2D eigenvalue weighted by Crippen LogP contribution is 2.07. The fraction of sp³-hybridized carbons (Fsp3) is 0.400. The largest absolute Gasteiger partial charge is 0.478 e. The maximum Gasteiger partial charge on any atom is 0.225 e. The van der Waals surface area contributed by atoms with Gasteiger partial charge in [-0.25, -0.2) is 4.98 Å². The molecule has 1 rings (SSSR count). The molecule has 0 unspecified atom stereocenters. The lowest BCUT2D eigenvalue weighted by Crippen LogP contribution is -2.05. The van der Waals surface area contributed by atoms with Gasteiger partial charge in [0.05, 0.1) is 6.61 Å². The lowest BCUT2D eigenvalue weighted by molar-refractivity contribution is 0.326. The first-order chi connectivity index (χ1) is 6.86. The van der Waals surface area contributed by atoms with Crippen LogP contribution >= 0.6 is 0 Å². The van der Waals surface area contributed by atoms with E-state index in [1.165, 1.54) is 0 Å². The fourth-order valence-electron chi connectivity index (χ4n) is 0.902. The van der Waals surface area contributed by atoms with Crippen molar-refractivity contribution in [3.8, 4) is 18.2 Å².